The highest BCUT2D eigenvalue weighted by atomic mass is 16.6. The van der Waals surface area contributed by atoms with Crippen molar-refractivity contribution in [2.45, 2.75) is 220 Å². The zero-order valence-electron chi connectivity index (χ0n) is 31.0. The highest BCUT2D eigenvalue weighted by Crippen LogP contribution is 2.15. The maximum absolute atomic E-state index is 12.4. The van der Waals surface area contributed by atoms with Crippen molar-refractivity contribution in [3.8, 4) is 0 Å². The highest BCUT2D eigenvalue weighted by molar-refractivity contribution is 5.71. The highest BCUT2D eigenvalue weighted by Gasteiger charge is 2.19. The molecule has 0 saturated heterocycles. The van der Waals surface area contributed by atoms with Gasteiger partial charge in [0, 0.05) is 19.3 Å². The van der Waals surface area contributed by atoms with Crippen LogP contribution in [0.15, 0.2) is 0 Å². The number of unbranched alkanes of at least 4 members (excludes halogenated alkanes) is 22. The van der Waals surface area contributed by atoms with Gasteiger partial charge in [0.2, 0.25) is 0 Å². The molecular weight excluding hydrogens is 576 g/mol. The maximum atomic E-state index is 12.4. The zero-order chi connectivity index (χ0) is 33.9. The van der Waals surface area contributed by atoms with Gasteiger partial charge in [-0.15, -0.1) is 0 Å². The number of carbonyl (C=O) groups excluding carboxylic acids is 3. The predicted octanol–water partition coefficient (Wildman–Crippen LogP) is 12.0. The van der Waals surface area contributed by atoms with Gasteiger partial charge in [0.25, 0.3) is 0 Å². The van der Waals surface area contributed by atoms with E-state index in [2.05, 4.69) is 27.7 Å². The van der Waals surface area contributed by atoms with E-state index in [0.717, 1.165) is 70.1 Å². The molecule has 0 aromatic heterocycles. The van der Waals surface area contributed by atoms with E-state index in [0.29, 0.717) is 19.3 Å². The minimum Gasteiger partial charge on any atom is -0.462 e. The van der Waals surface area contributed by atoms with Crippen molar-refractivity contribution < 1.29 is 28.6 Å². The third kappa shape index (κ3) is 33.8. The Hall–Kier alpha value is -1.59. The summed E-state index contributed by atoms with van der Waals surface area (Å²) in [5, 5.41) is 0. The summed E-state index contributed by atoms with van der Waals surface area (Å²) in [5.74, 6) is -0.0528. The van der Waals surface area contributed by atoms with E-state index >= 15 is 0 Å². The Morgan fingerprint density at radius 3 is 1.07 bits per heavy atom. The summed E-state index contributed by atoms with van der Waals surface area (Å²) in [5.41, 5.74) is 0. The van der Waals surface area contributed by atoms with Gasteiger partial charge in [-0.25, -0.2) is 0 Å². The Labute approximate surface area is 285 Å². The van der Waals surface area contributed by atoms with Crippen LogP contribution in [-0.4, -0.2) is 37.2 Å². The third-order valence-corrected chi connectivity index (χ3v) is 8.79. The molecule has 0 aliphatic rings. The molecule has 0 aliphatic heterocycles. The average molecular weight is 653 g/mol. The molecule has 0 aliphatic carbocycles. The van der Waals surface area contributed by atoms with E-state index in [9.17, 15) is 14.4 Å². The molecule has 0 amide bonds. The molecule has 46 heavy (non-hydrogen) atoms. The van der Waals surface area contributed by atoms with E-state index in [1.165, 1.54) is 103 Å². The van der Waals surface area contributed by atoms with Gasteiger partial charge in [-0.1, -0.05) is 175 Å². The summed E-state index contributed by atoms with van der Waals surface area (Å²) in [7, 11) is 0. The van der Waals surface area contributed by atoms with Crippen molar-refractivity contribution >= 4 is 17.9 Å². The maximum Gasteiger partial charge on any atom is 0.306 e. The van der Waals surface area contributed by atoms with Crippen molar-refractivity contribution in [1.82, 2.24) is 0 Å². The lowest BCUT2D eigenvalue weighted by molar-refractivity contribution is -0.167. The molecule has 0 fully saturated rings. The Morgan fingerprint density at radius 2 is 0.717 bits per heavy atom. The quantitative estimate of drug-likeness (QED) is 0.0385. The number of hydrogen-bond donors (Lipinski definition) is 0. The molecule has 0 bridgehead atoms. The smallest absolute Gasteiger partial charge is 0.306 e. The van der Waals surface area contributed by atoms with Gasteiger partial charge in [0.15, 0.2) is 6.10 Å². The number of rotatable bonds is 35. The molecule has 6 heteroatoms. The van der Waals surface area contributed by atoms with Gasteiger partial charge in [-0.3, -0.25) is 14.4 Å². The van der Waals surface area contributed by atoms with Crippen LogP contribution in [0.1, 0.15) is 214 Å². The summed E-state index contributed by atoms with van der Waals surface area (Å²) in [6.45, 7) is 8.86. The van der Waals surface area contributed by atoms with Crippen LogP contribution in [0.3, 0.4) is 0 Å². The van der Waals surface area contributed by atoms with E-state index in [4.69, 9.17) is 14.2 Å². The fourth-order valence-electron chi connectivity index (χ4n) is 5.74. The molecule has 6 nitrogen and oxygen atoms in total. The Morgan fingerprint density at radius 1 is 0.413 bits per heavy atom. The van der Waals surface area contributed by atoms with Crippen molar-refractivity contribution in [1.29, 1.82) is 0 Å². The molecule has 0 aromatic rings. The first kappa shape index (κ1) is 44.4. The van der Waals surface area contributed by atoms with Crippen LogP contribution in [0.4, 0.5) is 0 Å². The standard InChI is InChI=1S/C40H76O6/c1-5-7-9-11-12-16-20-24-27-31-38(41)44-34-37(46-40(43)33-29-22-10-8-6-2)35-45-39(42)32-28-25-21-18-15-13-14-17-19-23-26-30-36(3)4/h36-37H,5-35H2,1-4H3/t37-/m0/s1. The van der Waals surface area contributed by atoms with Gasteiger partial charge < -0.3 is 14.2 Å². The monoisotopic (exact) mass is 653 g/mol. The minimum absolute atomic E-state index is 0.0663. The van der Waals surface area contributed by atoms with Gasteiger partial charge in [-0.05, 0) is 25.2 Å². The van der Waals surface area contributed by atoms with E-state index < -0.39 is 6.10 Å². The number of esters is 3. The average Bonchev–Trinajstić information content (AvgIpc) is 3.03. The minimum atomic E-state index is -0.755. The van der Waals surface area contributed by atoms with Crippen LogP contribution in [0.5, 0.6) is 0 Å². The third-order valence-electron chi connectivity index (χ3n) is 8.79. The van der Waals surface area contributed by atoms with Crippen LogP contribution in [0, 0.1) is 5.92 Å². The summed E-state index contributed by atoms with van der Waals surface area (Å²) < 4.78 is 16.5. The van der Waals surface area contributed by atoms with Crippen molar-refractivity contribution in [3.05, 3.63) is 0 Å². The molecule has 0 rings (SSSR count). The SMILES string of the molecule is CCCCCCCCCCCC(=O)OC[C@@H](COC(=O)CCCCCCCCCCCCCC(C)C)OC(=O)CCCCCCC. The largest absolute Gasteiger partial charge is 0.462 e. The number of carbonyl (C=O) groups is 3. The first-order valence-electron chi connectivity index (χ1n) is 19.9. The van der Waals surface area contributed by atoms with E-state index in [1.807, 2.05) is 0 Å². The predicted molar refractivity (Wildman–Crippen MR) is 192 cm³/mol. The second kappa shape index (κ2) is 34.7. The lowest BCUT2D eigenvalue weighted by atomic mass is 10.0. The van der Waals surface area contributed by atoms with Gasteiger partial charge >= 0.3 is 17.9 Å². The van der Waals surface area contributed by atoms with E-state index in [1.54, 1.807) is 0 Å². The molecule has 1 atom stereocenters. The van der Waals surface area contributed by atoms with Crippen molar-refractivity contribution in [2.24, 2.45) is 5.92 Å². The molecule has 0 spiro atoms. The summed E-state index contributed by atoms with van der Waals surface area (Å²) in [6, 6.07) is 0. The number of hydrogen-bond acceptors (Lipinski definition) is 6. The van der Waals surface area contributed by atoms with Gasteiger partial charge in [-0.2, -0.15) is 0 Å². The van der Waals surface area contributed by atoms with Crippen molar-refractivity contribution in [2.75, 3.05) is 13.2 Å². The summed E-state index contributed by atoms with van der Waals surface area (Å²) >= 11 is 0. The van der Waals surface area contributed by atoms with Crippen LogP contribution in [0.2, 0.25) is 0 Å². The normalized spacial score (nSPS) is 11.9. The zero-order valence-corrected chi connectivity index (χ0v) is 31.0. The Bertz CT molecular complexity index is 691. The van der Waals surface area contributed by atoms with Gasteiger partial charge in [0.1, 0.15) is 13.2 Å². The lowest BCUT2D eigenvalue weighted by Crippen LogP contribution is -2.30. The first-order valence-corrected chi connectivity index (χ1v) is 19.9. The number of ether oxygens (including phenoxy) is 3. The molecule has 0 radical (unpaired) electrons. The van der Waals surface area contributed by atoms with Crippen LogP contribution in [-0.2, 0) is 28.6 Å². The summed E-state index contributed by atoms with van der Waals surface area (Å²) in [6.07, 6.45) is 31.2. The Balaban J connectivity index is 4.18. The molecule has 272 valence electrons. The van der Waals surface area contributed by atoms with Crippen LogP contribution in [0.25, 0.3) is 0 Å². The Kier molecular flexibility index (Phi) is 33.5. The second-order valence-corrected chi connectivity index (χ2v) is 14.0. The molecule has 0 heterocycles. The topological polar surface area (TPSA) is 78.9 Å². The first-order chi connectivity index (χ1) is 22.4. The fourth-order valence-corrected chi connectivity index (χ4v) is 5.74. The second-order valence-electron chi connectivity index (χ2n) is 14.0. The van der Waals surface area contributed by atoms with Gasteiger partial charge in [0.05, 0.1) is 0 Å². The van der Waals surface area contributed by atoms with Crippen LogP contribution >= 0.6 is 0 Å². The van der Waals surface area contributed by atoms with Crippen LogP contribution < -0.4 is 0 Å². The molecule has 0 N–H and O–H groups in total. The molecule has 0 saturated carbocycles. The molecule has 0 unspecified atom stereocenters. The summed E-state index contributed by atoms with van der Waals surface area (Å²) in [4.78, 5) is 37.2. The molecule has 0 aromatic carbocycles. The van der Waals surface area contributed by atoms with Crippen molar-refractivity contribution in [3.63, 3.8) is 0 Å². The van der Waals surface area contributed by atoms with E-state index in [-0.39, 0.29) is 31.1 Å². The molecular formula is C40H76O6. The fraction of sp³-hybridized carbons (Fsp3) is 0.925. The lowest BCUT2D eigenvalue weighted by Gasteiger charge is -2.18.